The summed E-state index contributed by atoms with van der Waals surface area (Å²) in [5.74, 6) is -0.858. The maximum atomic E-state index is 5.69. The number of nitrogens with two attached hydrogens (primary N) is 1. The minimum Gasteiger partial charge on any atom is -0.331 e. The Balaban J connectivity index is 1.86. The van der Waals surface area contributed by atoms with E-state index in [0.717, 1.165) is 25.9 Å². The Morgan fingerprint density at radius 3 is 1.83 bits per heavy atom. The van der Waals surface area contributed by atoms with Crippen molar-refractivity contribution in [3.05, 3.63) is 35.4 Å². The smallest absolute Gasteiger partial charge is 0.282 e. The van der Waals surface area contributed by atoms with E-state index in [0.29, 0.717) is 6.54 Å². The molecule has 0 heterocycles. The monoisotopic (exact) mass is 408 g/mol. The van der Waals surface area contributed by atoms with Crippen molar-refractivity contribution in [2.45, 2.75) is 89.7 Å². The van der Waals surface area contributed by atoms with Crippen LogP contribution in [-0.2, 0) is 27.3 Å². The van der Waals surface area contributed by atoms with Crippen LogP contribution in [0.25, 0.3) is 0 Å². The molecule has 1 aromatic carbocycles. The van der Waals surface area contributed by atoms with Crippen molar-refractivity contribution in [1.82, 2.24) is 5.32 Å². The summed E-state index contributed by atoms with van der Waals surface area (Å²) < 4.78 is 16.0. The van der Waals surface area contributed by atoms with Crippen molar-refractivity contribution in [2.75, 3.05) is 27.9 Å². The van der Waals surface area contributed by atoms with Crippen LogP contribution in [0.4, 0.5) is 0 Å². The molecule has 0 aliphatic carbocycles. The standard InChI is InChI=1S/C24H44N2O3/c1-27-24(28-2,29-3)17-12-10-8-6-4-5-7-9-11-13-18-26-21-23-16-14-15-22(19-23)20-25/h14-16,19,26H,4-13,17-18,20-21,25H2,1-3H3. The summed E-state index contributed by atoms with van der Waals surface area (Å²) in [6, 6.07) is 8.52. The van der Waals surface area contributed by atoms with Gasteiger partial charge in [-0.3, -0.25) is 0 Å². The number of methoxy groups -OCH3 is 3. The number of benzene rings is 1. The third kappa shape index (κ3) is 11.7. The summed E-state index contributed by atoms with van der Waals surface area (Å²) in [4.78, 5) is 0. The molecule has 1 rings (SSSR count). The Hall–Kier alpha value is -0.980. The lowest BCUT2D eigenvalue weighted by Crippen LogP contribution is -2.35. The number of unbranched alkanes of at least 4 members (excludes halogenated alkanes) is 9. The lowest BCUT2D eigenvalue weighted by atomic mass is 10.1. The zero-order valence-corrected chi connectivity index (χ0v) is 19.0. The maximum absolute atomic E-state index is 5.69. The molecule has 0 amide bonds. The molecule has 0 saturated heterocycles. The van der Waals surface area contributed by atoms with Gasteiger partial charge in [0.1, 0.15) is 0 Å². The molecular formula is C24H44N2O3. The van der Waals surface area contributed by atoms with Gasteiger partial charge < -0.3 is 25.3 Å². The van der Waals surface area contributed by atoms with Crippen LogP contribution in [-0.4, -0.2) is 33.8 Å². The predicted octanol–water partition coefficient (Wildman–Crippen LogP) is 5.12. The Labute approximate surface area is 178 Å². The lowest BCUT2D eigenvalue weighted by molar-refractivity contribution is -0.355. The van der Waals surface area contributed by atoms with Gasteiger partial charge in [0.05, 0.1) is 0 Å². The number of hydrogen-bond donors (Lipinski definition) is 2. The summed E-state index contributed by atoms with van der Waals surface area (Å²) >= 11 is 0. The Morgan fingerprint density at radius 1 is 0.759 bits per heavy atom. The SMILES string of the molecule is COC(CCCCCCCCCCCCNCc1cccc(CN)c1)(OC)OC. The zero-order valence-electron chi connectivity index (χ0n) is 19.0. The normalized spacial score (nSPS) is 11.9. The van der Waals surface area contributed by atoms with Gasteiger partial charge in [-0.25, -0.2) is 0 Å². The molecule has 168 valence electrons. The molecule has 0 aromatic heterocycles. The van der Waals surface area contributed by atoms with Crippen LogP contribution >= 0.6 is 0 Å². The number of nitrogens with one attached hydrogen (secondary N) is 1. The predicted molar refractivity (Wildman–Crippen MR) is 121 cm³/mol. The molecule has 0 fully saturated rings. The quantitative estimate of drug-likeness (QED) is 0.246. The van der Waals surface area contributed by atoms with Crippen LogP contribution in [0.2, 0.25) is 0 Å². The molecule has 1 aromatic rings. The molecule has 5 heteroatoms. The number of hydrogen-bond acceptors (Lipinski definition) is 5. The largest absolute Gasteiger partial charge is 0.331 e. The summed E-state index contributed by atoms with van der Waals surface area (Å²) in [5.41, 5.74) is 8.22. The van der Waals surface area contributed by atoms with Crippen LogP contribution < -0.4 is 11.1 Å². The maximum Gasteiger partial charge on any atom is 0.282 e. The van der Waals surface area contributed by atoms with E-state index < -0.39 is 5.97 Å². The van der Waals surface area contributed by atoms with Crippen LogP contribution in [0.15, 0.2) is 24.3 Å². The molecule has 0 unspecified atom stereocenters. The van der Waals surface area contributed by atoms with Gasteiger partial charge in [-0.1, -0.05) is 75.6 Å². The lowest BCUT2D eigenvalue weighted by Gasteiger charge is -2.28. The second-order valence-corrected chi connectivity index (χ2v) is 7.78. The van der Waals surface area contributed by atoms with Gasteiger partial charge in [-0.05, 0) is 30.5 Å². The van der Waals surface area contributed by atoms with Crippen molar-refractivity contribution in [2.24, 2.45) is 5.73 Å². The first-order valence-electron chi connectivity index (χ1n) is 11.3. The highest BCUT2D eigenvalue weighted by Gasteiger charge is 2.28. The van der Waals surface area contributed by atoms with Crippen LogP contribution in [0.5, 0.6) is 0 Å². The molecule has 0 atom stereocenters. The molecule has 3 N–H and O–H groups in total. The summed E-state index contributed by atoms with van der Waals surface area (Å²) in [6.45, 7) is 2.65. The van der Waals surface area contributed by atoms with E-state index in [1.807, 2.05) is 0 Å². The van der Waals surface area contributed by atoms with Gasteiger partial charge >= 0.3 is 0 Å². The molecule has 0 aliphatic rings. The van der Waals surface area contributed by atoms with Gasteiger partial charge in [0.15, 0.2) is 0 Å². The van der Waals surface area contributed by atoms with Crippen LogP contribution in [0, 0.1) is 0 Å². The van der Waals surface area contributed by atoms with E-state index in [9.17, 15) is 0 Å². The second kappa shape index (κ2) is 16.8. The van der Waals surface area contributed by atoms with Crippen molar-refractivity contribution < 1.29 is 14.2 Å². The molecule has 0 bridgehead atoms. The van der Waals surface area contributed by atoms with E-state index >= 15 is 0 Å². The first-order chi connectivity index (χ1) is 14.2. The average molecular weight is 409 g/mol. The molecule has 0 spiro atoms. The number of rotatable bonds is 19. The highest BCUT2D eigenvalue weighted by Crippen LogP contribution is 2.21. The highest BCUT2D eigenvalue weighted by molar-refractivity contribution is 5.23. The molecule has 0 aliphatic heterocycles. The van der Waals surface area contributed by atoms with Gasteiger partial charge in [-0.15, -0.1) is 0 Å². The Bertz CT molecular complexity index is 498. The Kier molecular flexibility index (Phi) is 15.1. The van der Waals surface area contributed by atoms with Crippen molar-refractivity contribution in [1.29, 1.82) is 0 Å². The molecule has 29 heavy (non-hydrogen) atoms. The highest BCUT2D eigenvalue weighted by atomic mass is 16.9. The Morgan fingerprint density at radius 2 is 1.28 bits per heavy atom. The molecule has 0 saturated carbocycles. The van der Waals surface area contributed by atoms with Crippen molar-refractivity contribution in [3.8, 4) is 0 Å². The first-order valence-corrected chi connectivity index (χ1v) is 11.3. The van der Waals surface area contributed by atoms with Gasteiger partial charge in [-0.2, -0.15) is 0 Å². The van der Waals surface area contributed by atoms with E-state index in [1.165, 1.54) is 68.9 Å². The molecule has 0 radical (unpaired) electrons. The summed E-state index contributed by atoms with van der Waals surface area (Å²) in [5, 5.41) is 3.54. The summed E-state index contributed by atoms with van der Waals surface area (Å²) in [6.07, 6.45) is 13.7. The number of ether oxygens (including phenoxy) is 3. The van der Waals surface area contributed by atoms with Gasteiger partial charge in [0, 0.05) is 40.8 Å². The van der Waals surface area contributed by atoms with Crippen molar-refractivity contribution >= 4 is 0 Å². The van der Waals surface area contributed by atoms with E-state index in [2.05, 4.69) is 29.6 Å². The first kappa shape index (κ1) is 26.1. The molecule has 5 nitrogen and oxygen atoms in total. The minimum atomic E-state index is -0.858. The van der Waals surface area contributed by atoms with Crippen LogP contribution in [0.3, 0.4) is 0 Å². The zero-order chi connectivity index (χ0) is 21.2. The van der Waals surface area contributed by atoms with E-state index in [-0.39, 0.29) is 0 Å². The fourth-order valence-electron chi connectivity index (χ4n) is 3.66. The van der Waals surface area contributed by atoms with Gasteiger partial charge in [0.2, 0.25) is 0 Å². The fourth-order valence-corrected chi connectivity index (χ4v) is 3.66. The van der Waals surface area contributed by atoms with Crippen LogP contribution in [0.1, 0.15) is 81.8 Å². The topological polar surface area (TPSA) is 65.7 Å². The summed E-state index contributed by atoms with van der Waals surface area (Å²) in [7, 11) is 4.89. The van der Waals surface area contributed by atoms with Crippen molar-refractivity contribution in [3.63, 3.8) is 0 Å². The minimum absolute atomic E-state index is 0.615. The molecular weight excluding hydrogens is 364 g/mol. The van der Waals surface area contributed by atoms with E-state index in [1.54, 1.807) is 21.3 Å². The van der Waals surface area contributed by atoms with Gasteiger partial charge in [0.25, 0.3) is 5.97 Å². The third-order valence-corrected chi connectivity index (χ3v) is 5.58. The average Bonchev–Trinajstić information content (AvgIpc) is 2.77. The second-order valence-electron chi connectivity index (χ2n) is 7.78. The van der Waals surface area contributed by atoms with E-state index in [4.69, 9.17) is 19.9 Å². The third-order valence-electron chi connectivity index (χ3n) is 5.58. The fraction of sp³-hybridized carbons (Fsp3) is 0.750.